The number of rotatable bonds is 7. The van der Waals surface area contributed by atoms with Gasteiger partial charge in [0.2, 0.25) is 0 Å². The van der Waals surface area contributed by atoms with E-state index in [0.717, 1.165) is 37.3 Å². The number of hydrogen-bond acceptors (Lipinski definition) is 5. The van der Waals surface area contributed by atoms with E-state index in [-0.39, 0.29) is 5.56 Å². The van der Waals surface area contributed by atoms with Gasteiger partial charge in [0.05, 0.1) is 16.8 Å². The van der Waals surface area contributed by atoms with Crippen molar-refractivity contribution in [1.82, 2.24) is 14.9 Å². The highest BCUT2D eigenvalue weighted by Gasteiger charge is 2.30. The van der Waals surface area contributed by atoms with E-state index < -0.39 is 11.7 Å². The number of aromatic nitrogens is 2. The zero-order chi connectivity index (χ0) is 20.1. The van der Waals surface area contributed by atoms with Crippen LogP contribution in [-0.4, -0.2) is 41.7 Å². The van der Waals surface area contributed by atoms with Crippen molar-refractivity contribution in [1.29, 1.82) is 0 Å². The lowest BCUT2D eigenvalue weighted by molar-refractivity contribution is -0.137. The Kier molecular flexibility index (Phi) is 6.79. The molecular weight excluding hydrogens is 391 g/mol. The van der Waals surface area contributed by atoms with Gasteiger partial charge in [-0.3, -0.25) is 9.69 Å². The topological polar surface area (TPSA) is 58.2 Å². The molecule has 0 radical (unpaired) electrons. The molecule has 0 atom stereocenters. The number of fused-ring (bicyclic) bond motifs is 1. The molecule has 0 saturated heterocycles. The number of thioether (sulfide) groups is 1. The summed E-state index contributed by atoms with van der Waals surface area (Å²) in [6.45, 7) is 2.92. The molecule has 1 aromatic heterocycles. The van der Waals surface area contributed by atoms with Crippen molar-refractivity contribution in [3.8, 4) is 0 Å². The number of ether oxygens (including phenoxy) is 1. The molecule has 1 N–H and O–H groups in total. The molecular formula is C19H22F3N3O2S. The third-order valence-electron chi connectivity index (χ3n) is 4.58. The summed E-state index contributed by atoms with van der Waals surface area (Å²) in [6.07, 6.45) is -2.78. The molecule has 0 unspecified atom stereocenters. The first kappa shape index (κ1) is 20.9. The number of alkyl halides is 3. The summed E-state index contributed by atoms with van der Waals surface area (Å²) in [6, 6.07) is 5.20. The summed E-state index contributed by atoms with van der Waals surface area (Å²) in [5, 5.41) is 0.439. The fraction of sp³-hybridized carbons (Fsp3) is 0.474. The van der Waals surface area contributed by atoms with Crippen LogP contribution in [0.3, 0.4) is 0 Å². The van der Waals surface area contributed by atoms with Crippen molar-refractivity contribution in [2.24, 2.45) is 0 Å². The summed E-state index contributed by atoms with van der Waals surface area (Å²) in [4.78, 5) is 21.9. The van der Waals surface area contributed by atoms with Crippen molar-refractivity contribution in [2.45, 2.75) is 36.5 Å². The first-order valence-electron chi connectivity index (χ1n) is 8.99. The Labute approximate surface area is 165 Å². The van der Waals surface area contributed by atoms with Gasteiger partial charge < -0.3 is 9.72 Å². The predicted molar refractivity (Wildman–Crippen MR) is 101 cm³/mol. The van der Waals surface area contributed by atoms with E-state index in [1.165, 1.54) is 17.8 Å². The molecule has 9 heteroatoms. The Bertz CT molecular complexity index is 870. The van der Waals surface area contributed by atoms with Crippen molar-refractivity contribution in [2.75, 3.05) is 26.8 Å². The first-order chi connectivity index (χ1) is 13.4. The minimum absolute atomic E-state index is 0.173. The van der Waals surface area contributed by atoms with Gasteiger partial charge in [-0.25, -0.2) is 4.98 Å². The third kappa shape index (κ3) is 5.36. The number of hydrogen-bond donors (Lipinski definition) is 1. The number of nitrogens with zero attached hydrogens (tertiary/aromatic N) is 2. The summed E-state index contributed by atoms with van der Waals surface area (Å²) in [5.74, 6) is 0.300. The Balaban J connectivity index is 1.66. The fourth-order valence-electron chi connectivity index (χ4n) is 3.14. The van der Waals surface area contributed by atoms with Crippen molar-refractivity contribution >= 4 is 11.8 Å². The Hall–Kier alpha value is -1.84. The second-order valence-electron chi connectivity index (χ2n) is 6.66. The highest BCUT2D eigenvalue weighted by molar-refractivity contribution is 7.98. The minimum Gasteiger partial charge on any atom is -0.385 e. The van der Waals surface area contributed by atoms with Crippen LogP contribution in [0.25, 0.3) is 0 Å². The van der Waals surface area contributed by atoms with Gasteiger partial charge in [0.1, 0.15) is 0 Å². The normalized spacial score (nSPS) is 14.9. The van der Waals surface area contributed by atoms with Crippen LogP contribution >= 0.6 is 11.8 Å². The highest BCUT2D eigenvalue weighted by Crippen LogP contribution is 2.31. The molecule has 0 saturated carbocycles. The van der Waals surface area contributed by atoms with Crippen LogP contribution in [0.1, 0.15) is 28.8 Å². The van der Waals surface area contributed by atoms with E-state index in [4.69, 9.17) is 4.74 Å². The van der Waals surface area contributed by atoms with Crippen LogP contribution in [0.5, 0.6) is 0 Å². The third-order valence-corrected chi connectivity index (χ3v) is 5.52. The average molecular weight is 413 g/mol. The molecule has 0 fully saturated rings. The van der Waals surface area contributed by atoms with Crippen molar-refractivity contribution in [3.05, 3.63) is 57.0 Å². The van der Waals surface area contributed by atoms with Gasteiger partial charge in [-0.15, -0.1) is 0 Å². The number of benzene rings is 1. The van der Waals surface area contributed by atoms with Gasteiger partial charge in [-0.05, 0) is 18.1 Å². The molecule has 5 nitrogen and oxygen atoms in total. The van der Waals surface area contributed by atoms with Gasteiger partial charge in [0.25, 0.3) is 5.56 Å². The van der Waals surface area contributed by atoms with E-state index in [2.05, 4.69) is 14.9 Å². The Morgan fingerprint density at radius 1 is 1.36 bits per heavy atom. The standard InChI is InChI=1S/C19H22F3N3O2S/c1-27-9-3-7-25-8-6-16-15(11-25)17(26)24-18(23-16)28-12-13-4-2-5-14(10-13)19(20,21)22/h2,4-5,10H,3,6-9,11-12H2,1H3,(H,23,24,26). The van der Waals surface area contributed by atoms with Crippen molar-refractivity contribution < 1.29 is 17.9 Å². The molecule has 0 bridgehead atoms. The average Bonchev–Trinajstić information content (AvgIpc) is 2.66. The van der Waals surface area contributed by atoms with Crippen LogP contribution < -0.4 is 5.56 Å². The SMILES string of the molecule is COCCCN1CCc2nc(SCc3cccc(C(F)(F)F)c3)[nH]c(=O)c2C1. The largest absolute Gasteiger partial charge is 0.416 e. The van der Waals surface area contributed by atoms with E-state index in [0.29, 0.717) is 41.6 Å². The first-order valence-corrected chi connectivity index (χ1v) is 9.97. The number of nitrogens with one attached hydrogen (secondary N) is 1. The summed E-state index contributed by atoms with van der Waals surface area (Å²) < 4.78 is 43.5. The van der Waals surface area contributed by atoms with Crippen LogP contribution in [-0.2, 0) is 29.6 Å². The zero-order valence-corrected chi connectivity index (χ0v) is 16.3. The van der Waals surface area contributed by atoms with E-state index in [9.17, 15) is 18.0 Å². The molecule has 0 spiro atoms. The quantitative estimate of drug-likeness (QED) is 0.428. The Morgan fingerprint density at radius 3 is 2.93 bits per heavy atom. The van der Waals surface area contributed by atoms with Gasteiger partial charge in [0, 0.05) is 45.5 Å². The molecule has 1 aliphatic heterocycles. The van der Waals surface area contributed by atoms with Gasteiger partial charge in [-0.1, -0.05) is 30.0 Å². The number of halogens is 3. The molecule has 3 rings (SSSR count). The minimum atomic E-state index is -4.37. The molecule has 0 amide bonds. The molecule has 2 aromatic rings. The summed E-state index contributed by atoms with van der Waals surface area (Å²) in [5.41, 5.74) is 1.13. The molecule has 1 aliphatic rings. The van der Waals surface area contributed by atoms with E-state index in [1.807, 2.05) is 0 Å². The Morgan fingerprint density at radius 2 is 2.18 bits per heavy atom. The predicted octanol–water partition coefficient (Wildman–Crippen LogP) is 3.48. The van der Waals surface area contributed by atoms with Crippen LogP contribution in [0.15, 0.2) is 34.2 Å². The lowest BCUT2D eigenvalue weighted by Gasteiger charge is -2.27. The van der Waals surface area contributed by atoms with E-state index >= 15 is 0 Å². The lowest BCUT2D eigenvalue weighted by Crippen LogP contribution is -2.36. The number of methoxy groups -OCH3 is 1. The summed E-state index contributed by atoms with van der Waals surface area (Å²) >= 11 is 1.23. The van der Waals surface area contributed by atoms with Gasteiger partial charge in [0.15, 0.2) is 5.16 Å². The second-order valence-corrected chi connectivity index (χ2v) is 7.62. The van der Waals surface area contributed by atoms with Crippen molar-refractivity contribution in [3.63, 3.8) is 0 Å². The lowest BCUT2D eigenvalue weighted by atomic mass is 10.1. The number of aromatic amines is 1. The van der Waals surface area contributed by atoms with E-state index in [1.54, 1.807) is 13.2 Å². The van der Waals surface area contributed by atoms with Gasteiger partial charge in [-0.2, -0.15) is 13.2 Å². The summed E-state index contributed by atoms with van der Waals surface area (Å²) in [7, 11) is 1.67. The molecule has 2 heterocycles. The maximum Gasteiger partial charge on any atom is 0.416 e. The highest BCUT2D eigenvalue weighted by atomic mass is 32.2. The smallest absolute Gasteiger partial charge is 0.385 e. The fourth-order valence-corrected chi connectivity index (χ4v) is 3.96. The van der Waals surface area contributed by atoms with Crippen LogP contribution in [0, 0.1) is 0 Å². The van der Waals surface area contributed by atoms with Crippen LogP contribution in [0.4, 0.5) is 13.2 Å². The molecule has 28 heavy (non-hydrogen) atoms. The molecule has 0 aliphatic carbocycles. The monoisotopic (exact) mass is 413 g/mol. The zero-order valence-electron chi connectivity index (χ0n) is 15.5. The molecule has 152 valence electrons. The number of H-pyrrole nitrogens is 1. The second kappa shape index (κ2) is 9.11. The maximum absolute atomic E-state index is 12.8. The maximum atomic E-state index is 12.8. The van der Waals surface area contributed by atoms with Crippen LogP contribution in [0.2, 0.25) is 0 Å². The molecule has 1 aromatic carbocycles. The van der Waals surface area contributed by atoms with Gasteiger partial charge >= 0.3 is 6.18 Å².